The number of amides is 2. The molecule has 3 aliphatic rings. The molecule has 1 N–H and O–H groups in total. The van der Waals surface area contributed by atoms with E-state index in [9.17, 15) is 23.1 Å². The van der Waals surface area contributed by atoms with Gasteiger partial charge in [-0.15, -0.1) is 0 Å². The van der Waals surface area contributed by atoms with E-state index in [0.717, 1.165) is 47.1 Å². The lowest BCUT2D eigenvalue weighted by Crippen LogP contribution is -2.72. The molecular formula is C17H28N2O5S. The first kappa shape index (κ1) is 18.6. The van der Waals surface area contributed by atoms with Crippen molar-refractivity contribution in [1.29, 1.82) is 0 Å². The second-order valence-corrected chi connectivity index (χ2v) is 9.19. The highest BCUT2D eigenvalue weighted by Gasteiger charge is 2.61. The van der Waals surface area contributed by atoms with Crippen LogP contribution in [-0.2, 0) is 19.8 Å². The summed E-state index contributed by atoms with van der Waals surface area (Å²) in [5, 5.41) is 10.8. The van der Waals surface area contributed by atoms with Gasteiger partial charge in [-0.2, -0.15) is 8.42 Å². The smallest absolute Gasteiger partial charge is 0.331 e. The van der Waals surface area contributed by atoms with Crippen LogP contribution in [0.4, 0.5) is 0 Å². The number of aliphatic hydroxyl groups is 1. The van der Waals surface area contributed by atoms with E-state index in [2.05, 4.69) is 0 Å². The fourth-order valence-electron chi connectivity index (χ4n) is 4.40. The number of carbonyl (C=O) groups is 2. The van der Waals surface area contributed by atoms with Crippen LogP contribution in [0.25, 0.3) is 0 Å². The van der Waals surface area contributed by atoms with Gasteiger partial charge in [-0.3, -0.25) is 9.59 Å². The van der Waals surface area contributed by atoms with Crippen LogP contribution in [0.15, 0.2) is 0 Å². The summed E-state index contributed by atoms with van der Waals surface area (Å²) in [5.74, 6) is -1.92. The van der Waals surface area contributed by atoms with Gasteiger partial charge in [-0.25, -0.2) is 8.61 Å². The molecule has 1 saturated heterocycles. The van der Waals surface area contributed by atoms with Gasteiger partial charge in [0.25, 0.3) is 11.8 Å². The molecule has 0 radical (unpaired) electrons. The summed E-state index contributed by atoms with van der Waals surface area (Å²) in [6, 6.07) is -0.910. The van der Waals surface area contributed by atoms with Gasteiger partial charge in [-0.1, -0.05) is 45.4 Å². The Labute approximate surface area is 149 Å². The maximum atomic E-state index is 13.2. The molecular weight excluding hydrogens is 344 g/mol. The number of hydrogen-bond donors (Lipinski definition) is 1. The van der Waals surface area contributed by atoms with Gasteiger partial charge in [0.05, 0.1) is 0 Å². The largest absolute Gasteiger partial charge is 0.372 e. The average molecular weight is 372 g/mol. The van der Waals surface area contributed by atoms with Crippen molar-refractivity contribution < 1.29 is 23.1 Å². The molecule has 25 heavy (non-hydrogen) atoms. The topological polar surface area (TPSA) is 95.0 Å². The van der Waals surface area contributed by atoms with Crippen molar-refractivity contribution in [1.82, 2.24) is 8.61 Å². The zero-order valence-electron chi connectivity index (χ0n) is 14.8. The van der Waals surface area contributed by atoms with Crippen LogP contribution < -0.4 is 0 Å². The van der Waals surface area contributed by atoms with E-state index in [1.54, 1.807) is 6.92 Å². The summed E-state index contributed by atoms with van der Waals surface area (Å²) in [4.78, 5) is 25.8. The summed E-state index contributed by atoms with van der Waals surface area (Å²) < 4.78 is 28.2. The monoisotopic (exact) mass is 372 g/mol. The van der Waals surface area contributed by atoms with Gasteiger partial charge in [0.1, 0.15) is 0 Å². The molecule has 0 aromatic rings. The van der Waals surface area contributed by atoms with Crippen LogP contribution >= 0.6 is 0 Å². The minimum absolute atomic E-state index is 0.118. The summed E-state index contributed by atoms with van der Waals surface area (Å²) in [7, 11) is -4.24. The Morgan fingerprint density at radius 1 is 0.880 bits per heavy atom. The molecule has 3 fully saturated rings. The van der Waals surface area contributed by atoms with Crippen molar-refractivity contribution in [3.05, 3.63) is 0 Å². The molecule has 142 valence electrons. The summed E-state index contributed by atoms with van der Waals surface area (Å²) >= 11 is 0. The molecule has 0 bridgehead atoms. The quantitative estimate of drug-likeness (QED) is 0.761. The fourth-order valence-corrected chi connectivity index (χ4v) is 6.49. The van der Waals surface area contributed by atoms with Gasteiger partial charge >= 0.3 is 10.2 Å². The molecule has 0 spiro atoms. The molecule has 1 heterocycles. The number of carbonyl (C=O) groups excluding carboxylic acids is 2. The van der Waals surface area contributed by atoms with Crippen molar-refractivity contribution in [2.45, 2.75) is 95.2 Å². The third kappa shape index (κ3) is 2.97. The highest BCUT2D eigenvalue weighted by molar-refractivity contribution is 7.88. The molecule has 3 rings (SSSR count). The van der Waals surface area contributed by atoms with Crippen LogP contribution in [0.3, 0.4) is 0 Å². The standard InChI is InChI=1S/C17H28N2O5S/c1-2-17(22)15(20)18(13-9-5-3-6-10-13)25(23,24)19(16(17)21)14-11-7-4-8-12-14/h13-14,22H,2-12H2,1H3. The Balaban J connectivity index is 2.04. The van der Waals surface area contributed by atoms with E-state index in [1.807, 2.05) is 0 Å². The third-order valence-electron chi connectivity index (χ3n) is 5.93. The Morgan fingerprint density at radius 2 is 1.24 bits per heavy atom. The maximum Gasteiger partial charge on any atom is 0.331 e. The first-order chi connectivity index (χ1) is 11.8. The Bertz CT molecular complexity index is 591. The Hall–Kier alpha value is -1.15. The fraction of sp³-hybridized carbons (Fsp3) is 0.882. The number of hydrogen-bond acceptors (Lipinski definition) is 5. The van der Waals surface area contributed by atoms with Crippen molar-refractivity contribution in [3.8, 4) is 0 Å². The Morgan fingerprint density at radius 3 is 1.56 bits per heavy atom. The van der Waals surface area contributed by atoms with Crippen molar-refractivity contribution >= 4 is 22.0 Å². The van der Waals surface area contributed by atoms with Gasteiger partial charge < -0.3 is 5.11 Å². The third-order valence-corrected chi connectivity index (χ3v) is 7.85. The van der Waals surface area contributed by atoms with Crippen molar-refractivity contribution in [2.75, 3.05) is 0 Å². The van der Waals surface area contributed by atoms with E-state index in [-0.39, 0.29) is 6.42 Å². The van der Waals surface area contributed by atoms with E-state index in [0.29, 0.717) is 25.7 Å². The molecule has 0 aromatic heterocycles. The Kier molecular flexibility index (Phi) is 5.12. The lowest BCUT2D eigenvalue weighted by atomic mass is 9.91. The van der Waals surface area contributed by atoms with E-state index < -0.39 is 39.7 Å². The molecule has 7 nitrogen and oxygen atoms in total. The average Bonchev–Trinajstić information content (AvgIpc) is 2.61. The molecule has 2 saturated carbocycles. The summed E-state index contributed by atoms with van der Waals surface area (Å²) in [6.07, 6.45) is 7.70. The van der Waals surface area contributed by atoms with Gasteiger partial charge in [-0.05, 0) is 32.1 Å². The van der Waals surface area contributed by atoms with Gasteiger partial charge in [0.2, 0.25) is 5.60 Å². The highest BCUT2D eigenvalue weighted by Crippen LogP contribution is 2.38. The first-order valence-electron chi connectivity index (χ1n) is 9.49. The molecule has 2 aliphatic carbocycles. The van der Waals surface area contributed by atoms with E-state index in [1.165, 1.54) is 0 Å². The molecule has 0 atom stereocenters. The molecule has 0 unspecified atom stereocenters. The van der Waals surface area contributed by atoms with Gasteiger partial charge in [0.15, 0.2) is 0 Å². The first-order valence-corrected chi connectivity index (χ1v) is 10.9. The summed E-state index contributed by atoms with van der Waals surface area (Å²) in [6.45, 7) is 1.55. The van der Waals surface area contributed by atoms with Gasteiger partial charge in [0, 0.05) is 12.1 Å². The van der Waals surface area contributed by atoms with Crippen LogP contribution in [-0.4, -0.2) is 51.6 Å². The van der Waals surface area contributed by atoms with Crippen LogP contribution in [0.5, 0.6) is 0 Å². The molecule has 1 aliphatic heterocycles. The lowest BCUT2D eigenvalue weighted by Gasteiger charge is -2.48. The van der Waals surface area contributed by atoms with E-state index in [4.69, 9.17) is 0 Å². The lowest BCUT2D eigenvalue weighted by molar-refractivity contribution is -0.168. The predicted octanol–water partition coefficient (Wildman–Crippen LogP) is 1.71. The zero-order chi connectivity index (χ0) is 18.2. The molecule has 2 amide bonds. The highest BCUT2D eigenvalue weighted by atomic mass is 32.2. The predicted molar refractivity (Wildman–Crippen MR) is 91.6 cm³/mol. The number of rotatable bonds is 3. The van der Waals surface area contributed by atoms with Crippen LogP contribution in [0.1, 0.15) is 77.6 Å². The second-order valence-electron chi connectivity index (χ2n) is 7.51. The number of nitrogens with zero attached hydrogens (tertiary/aromatic N) is 2. The van der Waals surface area contributed by atoms with Crippen LogP contribution in [0, 0.1) is 0 Å². The minimum Gasteiger partial charge on any atom is -0.372 e. The SMILES string of the molecule is CCC1(O)C(=O)N(C2CCCCC2)S(=O)(=O)N(C2CCCCC2)C1=O. The molecule has 8 heteroatoms. The normalized spacial score (nSPS) is 28.4. The van der Waals surface area contributed by atoms with Crippen molar-refractivity contribution in [3.63, 3.8) is 0 Å². The zero-order valence-corrected chi connectivity index (χ0v) is 15.6. The van der Waals surface area contributed by atoms with Crippen molar-refractivity contribution in [2.24, 2.45) is 0 Å². The van der Waals surface area contributed by atoms with Crippen LogP contribution in [0.2, 0.25) is 0 Å². The maximum absolute atomic E-state index is 13.2. The molecule has 0 aromatic carbocycles. The van der Waals surface area contributed by atoms with E-state index >= 15 is 0 Å². The minimum atomic E-state index is -4.24. The second kappa shape index (κ2) is 6.87. The summed E-state index contributed by atoms with van der Waals surface area (Å²) in [5.41, 5.74) is -2.26.